The second-order valence-corrected chi connectivity index (χ2v) is 9.97. The van der Waals surface area contributed by atoms with Gasteiger partial charge in [0.1, 0.15) is 0 Å². The van der Waals surface area contributed by atoms with Crippen LogP contribution in [0.2, 0.25) is 0 Å². The van der Waals surface area contributed by atoms with Crippen LogP contribution in [0, 0.1) is 0 Å². The standard InChI is InChI=1S/C32H31N3/c1-5-23-11-21-29(22-12-23)35-30(26-15-13-25(14-16-26)24-9-7-6-8-10-24)33-34-31(35)27-17-19-28(20-18-27)32(2,3)4/h6-22H,5H2,1-4H3. The molecule has 0 N–H and O–H groups in total. The number of benzene rings is 4. The second kappa shape index (κ2) is 9.34. The molecule has 35 heavy (non-hydrogen) atoms. The molecule has 0 atom stereocenters. The number of hydrogen-bond donors (Lipinski definition) is 0. The summed E-state index contributed by atoms with van der Waals surface area (Å²) in [5.41, 5.74) is 8.26. The summed E-state index contributed by atoms with van der Waals surface area (Å²) in [7, 11) is 0. The lowest BCUT2D eigenvalue weighted by atomic mass is 9.86. The predicted octanol–water partition coefficient (Wildman–Crippen LogP) is 8.13. The van der Waals surface area contributed by atoms with Crippen molar-refractivity contribution in [3.05, 3.63) is 114 Å². The average Bonchev–Trinajstić information content (AvgIpc) is 3.34. The molecule has 0 aliphatic rings. The third kappa shape index (κ3) is 4.67. The van der Waals surface area contributed by atoms with E-state index < -0.39 is 0 Å². The monoisotopic (exact) mass is 457 g/mol. The summed E-state index contributed by atoms with van der Waals surface area (Å²) in [6.45, 7) is 8.88. The molecule has 0 amide bonds. The Morgan fingerprint density at radius 3 is 1.57 bits per heavy atom. The molecule has 3 heteroatoms. The molecule has 0 aliphatic carbocycles. The van der Waals surface area contributed by atoms with E-state index in [2.05, 4.69) is 140 Å². The summed E-state index contributed by atoms with van der Waals surface area (Å²) < 4.78 is 2.17. The Morgan fingerprint density at radius 2 is 1.06 bits per heavy atom. The van der Waals surface area contributed by atoms with E-state index >= 15 is 0 Å². The van der Waals surface area contributed by atoms with E-state index in [1.54, 1.807) is 0 Å². The molecule has 4 aromatic carbocycles. The minimum atomic E-state index is 0.105. The summed E-state index contributed by atoms with van der Waals surface area (Å²) >= 11 is 0. The van der Waals surface area contributed by atoms with E-state index in [1.807, 2.05) is 6.07 Å². The first-order valence-electron chi connectivity index (χ1n) is 12.3. The van der Waals surface area contributed by atoms with Crippen molar-refractivity contribution in [1.29, 1.82) is 0 Å². The molecule has 0 saturated heterocycles. The molecule has 0 unspecified atom stereocenters. The Bertz CT molecular complexity index is 1400. The Labute approximate surface area is 208 Å². The zero-order valence-corrected chi connectivity index (χ0v) is 20.9. The van der Waals surface area contributed by atoms with E-state index in [9.17, 15) is 0 Å². The topological polar surface area (TPSA) is 30.7 Å². The van der Waals surface area contributed by atoms with Crippen molar-refractivity contribution in [2.75, 3.05) is 0 Å². The van der Waals surface area contributed by atoms with E-state index in [-0.39, 0.29) is 5.41 Å². The Morgan fingerprint density at radius 1 is 0.571 bits per heavy atom. The first kappa shape index (κ1) is 22.8. The predicted molar refractivity (Wildman–Crippen MR) is 146 cm³/mol. The van der Waals surface area contributed by atoms with E-state index in [4.69, 9.17) is 0 Å². The highest BCUT2D eigenvalue weighted by Gasteiger charge is 2.19. The molecule has 0 fully saturated rings. The quantitative estimate of drug-likeness (QED) is 0.267. The SMILES string of the molecule is CCc1ccc(-n2c(-c3ccc(-c4ccccc4)cc3)nnc2-c2ccc(C(C)(C)C)cc2)cc1. The molecular weight excluding hydrogens is 426 g/mol. The molecule has 0 saturated carbocycles. The van der Waals surface area contributed by atoms with Crippen LogP contribution in [0.4, 0.5) is 0 Å². The van der Waals surface area contributed by atoms with Crippen LogP contribution in [-0.2, 0) is 11.8 Å². The molecule has 0 aliphatic heterocycles. The number of hydrogen-bond acceptors (Lipinski definition) is 2. The van der Waals surface area contributed by atoms with Crippen molar-refractivity contribution in [1.82, 2.24) is 14.8 Å². The van der Waals surface area contributed by atoms with Crippen molar-refractivity contribution in [3.8, 4) is 39.6 Å². The van der Waals surface area contributed by atoms with Crippen LogP contribution in [0.3, 0.4) is 0 Å². The Hall–Kier alpha value is -3.98. The minimum absolute atomic E-state index is 0.105. The lowest BCUT2D eigenvalue weighted by Gasteiger charge is -2.19. The van der Waals surface area contributed by atoms with E-state index in [1.165, 1.54) is 22.3 Å². The maximum absolute atomic E-state index is 4.67. The molecule has 0 radical (unpaired) electrons. The van der Waals surface area contributed by atoms with Crippen LogP contribution in [-0.4, -0.2) is 14.8 Å². The van der Waals surface area contributed by atoms with Gasteiger partial charge in [-0.25, -0.2) is 0 Å². The summed E-state index contributed by atoms with van der Waals surface area (Å²) in [5, 5.41) is 9.34. The summed E-state index contributed by atoms with van der Waals surface area (Å²) in [6, 6.07) is 36.4. The van der Waals surface area contributed by atoms with Crippen molar-refractivity contribution in [2.24, 2.45) is 0 Å². The highest BCUT2D eigenvalue weighted by Crippen LogP contribution is 2.31. The van der Waals surface area contributed by atoms with Gasteiger partial charge in [-0.15, -0.1) is 10.2 Å². The van der Waals surface area contributed by atoms with Gasteiger partial charge in [0.25, 0.3) is 0 Å². The number of aromatic nitrogens is 3. The zero-order valence-electron chi connectivity index (χ0n) is 20.9. The summed E-state index contributed by atoms with van der Waals surface area (Å²) in [5.74, 6) is 1.68. The van der Waals surface area contributed by atoms with Gasteiger partial charge in [-0.1, -0.05) is 119 Å². The van der Waals surface area contributed by atoms with Gasteiger partial charge in [-0.3, -0.25) is 4.57 Å². The summed E-state index contributed by atoms with van der Waals surface area (Å²) in [6.07, 6.45) is 1.01. The van der Waals surface area contributed by atoms with E-state index in [0.717, 1.165) is 34.9 Å². The van der Waals surface area contributed by atoms with Gasteiger partial charge >= 0.3 is 0 Å². The molecule has 3 nitrogen and oxygen atoms in total. The first-order valence-corrected chi connectivity index (χ1v) is 12.3. The van der Waals surface area contributed by atoms with Crippen molar-refractivity contribution in [2.45, 2.75) is 39.5 Å². The van der Waals surface area contributed by atoms with Crippen LogP contribution in [0.15, 0.2) is 103 Å². The third-order valence-electron chi connectivity index (χ3n) is 6.53. The van der Waals surface area contributed by atoms with Gasteiger partial charge in [0.05, 0.1) is 0 Å². The summed E-state index contributed by atoms with van der Waals surface area (Å²) in [4.78, 5) is 0. The van der Waals surface area contributed by atoms with Crippen molar-refractivity contribution < 1.29 is 0 Å². The van der Waals surface area contributed by atoms with Crippen molar-refractivity contribution >= 4 is 0 Å². The lowest BCUT2D eigenvalue weighted by molar-refractivity contribution is 0.590. The Kier molecular flexibility index (Phi) is 6.08. The van der Waals surface area contributed by atoms with Crippen molar-refractivity contribution in [3.63, 3.8) is 0 Å². The van der Waals surface area contributed by atoms with Crippen LogP contribution in [0.25, 0.3) is 39.6 Å². The fourth-order valence-corrected chi connectivity index (χ4v) is 4.35. The molecule has 0 spiro atoms. The van der Waals surface area contributed by atoms with Crippen LogP contribution < -0.4 is 0 Å². The van der Waals surface area contributed by atoms with Crippen LogP contribution in [0.1, 0.15) is 38.8 Å². The zero-order chi connectivity index (χ0) is 24.4. The Balaban J connectivity index is 1.61. The maximum Gasteiger partial charge on any atom is 0.168 e. The lowest BCUT2D eigenvalue weighted by Crippen LogP contribution is -2.10. The van der Waals surface area contributed by atoms with Gasteiger partial charge in [0.15, 0.2) is 11.6 Å². The fourth-order valence-electron chi connectivity index (χ4n) is 4.35. The van der Waals surface area contributed by atoms with Gasteiger partial charge in [-0.05, 0) is 46.2 Å². The number of rotatable bonds is 5. The number of nitrogens with zero attached hydrogens (tertiary/aromatic N) is 3. The van der Waals surface area contributed by atoms with E-state index in [0.29, 0.717) is 0 Å². The smallest absolute Gasteiger partial charge is 0.168 e. The average molecular weight is 458 g/mol. The van der Waals surface area contributed by atoms with Gasteiger partial charge in [0.2, 0.25) is 0 Å². The molecule has 0 bridgehead atoms. The van der Waals surface area contributed by atoms with Gasteiger partial charge in [0, 0.05) is 16.8 Å². The maximum atomic E-state index is 4.67. The largest absolute Gasteiger partial charge is 0.275 e. The highest BCUT2D eigenvalue weighted by molar-refractivity contribution is 5.71. The molecule has 174 valence electrons. The molecule has 1 aromatic heterocycles. The van der Waals surface area contributed by atoms with Crippen LogP contribution in [0.5, 0.6) is 0 Å². The molecule has 5 rings (SSSR count). The second-order valence-electron chi connectivity index (χ2n) is 9.97. The molecule has 1 heterocycles. The first-order chi connectivity index (χ1) is 16.9. The normalized spacial score (nSPS) is 11.5. The third-order valence-corrected chi connectivity index (χ3v) is 6.53. The number of aryl methyl sites for hydroxylation is 1. The van der Waals surface area contributed by atoms with Crippen LogP contribution >= 0.6 is 0 Å². The highest BCUT2D eigenvalue weighted by atomic mass is 15.3. The molecule has 5 aromatic rings. The minimum Gasteiger partial charge on any atom is -0.275 e. The van der Waals surface area contributed by atoms with Gasteiger partial charge in [-0.2, -0.15) is 0 Å². The fraction of sp³-hybridized carbons (Fsp3) is 0.188. The molecular formula is C32H31N3. The van der Waals surface area contributed by atoms with Gasteiger partial charge < -0.3 is 0 Å².